The molecule has 0 fully saturated rings. The average molecular weight is 318 g/mol. The predicted molar refractivity (Wildman–Crippen MR) is 87.9 cm³/mol. The van der Waals surface area contributed by atoms with Gasteiger partial charge >= 0.3 is 0 Å². The van der Waals surface area contributed by atoms with E-state index in [1.54, 1.807) is 27.4 Å². The molecule has 0 atom stereocenters. The minimum Gasteiger partial charge on any atom is -0.504 e. The number of hydrogen-bond acceptors (Lipinski definition) is 5. The van der Waals surface area contributed by atoms with Gasteiger partial charge in [-0.2, -0.15) is 0 Å². The van der Waals surface area contributed by atoms with Crippen LogP contribution >= 0.6 is 0 Å². The van der Waals surface area contributed by atoms with Crippen LogP contribution in [0.2, 0.25) is 0 Å². The van der Waals surface area contributed by atoms with E-state index in [4.69, 9.17) is 14.2 Å². The average Bonchev–Trinajstić information content (AvgIpc) is 2.57. The van der Waals surface area contributed by atoms with Gasteiger partial charge in [0.15, 0.2) is 23.0 Å². The number of aromatic hydroxyl groups is 2. The second kappa shape index (κ2) is 7.63. The number of methoxy groups -OCH3 is 3. The second-order valence-electron chi connectivity index (χ2n) is 5.20. The summed E-state index contributed by atoms with van der Waals surface area (Å²) in [6.45, 7) is 0. The van der Waals surface area contributed by atoms with Crippen molar-refractivity contribution >= 4 is 0 Å². The summed E-state index contributed by atoms with van der Waals surface area (Å²) < 4.78 is 15.8. The molecule has 5 nitrogen and oxygen atoms in total. The molecule has 0 radical (unpaired) electrons. The molecule has 0 bridgehead atoms. The van der Waals surface area contributed by atoms with E-state index in [1.165, 1.54) is 6.07 Å². The number of rotatable bonds is 7. The third-order valence-electron chi connectivity index (χ3n) is 3.74. The van der Waals surface area contributed by atoms with Gasteiger partial charge in [-0.25, -0.2) is 0 Å². The Kier molecular flexibility index (Phi) is 5.57. The van der Waals surface area contributed by atoms with Crippen molar-refractivity contribution in [2.24, 2.45) is 0 Å². The Morgan fingerprint density at radius 2 is 1.39 bits per heavy atom. The minimum absolute atomic E-state index is 0.132. The lowest BCUT2D eigenvalue weighted by Gasteiger charge is -2.11. The Hall–Kier alpha value is -2.56. The smallest absolute Gasteiger partial charge is 0.161 e. The van der Waals surface area contributed by atoms with Crippen molar-refractivity contribution in [3.8, 4) is 28.7 Å². The van der Waals surface area contributed by atoms with Gasteiger partial charge in [-0.05, 0) is 48.6 Å². The van der Waals surface area contributed by atoms with Crippen LogP contribution in [0.25, 0.3) is 0 Å². The molecular formula is C18H22O5. The maximum Gasteiger partial charge on any atom is 0.161 e. The van der Waals surface area contributed by atoms with Gasteiger partial charge in [0.25, 0.3) is 0 Å². The van der Waals surface area contributed by atoms with E-state index in [1.807, 2.05) is 18.2 Å². The van der Waals surface area contributed by atoms with E-state index in [0.717, 1.165) is 30.4 Å². The van der Waals surface area contributed by atoms with Crippen molar-refractivity contribution in [2.45, 2.75) is 19.3 Å². The number of phenolic OH excluding ortho intramolecular Hbond substituents is 2. The van der Waals surface area contributed by atoms with Gasteiger partial charge in [0.1, 0.15) is 5.75 Å². The molecule has 0 saturated carbocycles. The Bertz CT molecular complexity index is 667. The van der Waals surface area contributed by atoms with Gasteiger partial charge in [-0.3, -0.25) is 0 Å². The van der Waals surface area contributed by atoms with Gasteiger partial charge in [-0.1, -0.05) is 6.07 Å². The SMILES string of the molecule is COc1cc(O)c(O)cc1CCCc1ccc(OC)c(OC)c1. The largest absolute Gasteiger partial charge is 0.504 e. The van der Waals surface area contributed by atoms with Crippen LogP contribution in [-0.4, -0.2) is 31.5 Å². The molecule has 2 N–H and O–H groups in total. The molecule has 0 aliphatic heterocycles. The van der Waals surface area contributed by atoms with Gasteiger partial charge in [-0.15, -0.1) is 0 Å². The zero-order valence-corrected chi connectivity index (χ0v) is 13.6. The fourth-order valence-corrected chi connectivity index (χ4v) is 2.51. The quantitative estimate of drug-likeness (QED) is 0.767. The van der Waals surface area contributed by atoms with Crippen LogP contribution in [0.15, 0.2) is 30.3 Å². The molecule has 0 heterocycles. The highest BCUT2D eigenvalue weighted by Crippen LogP contribution is 2.34. The minimum atomic E-state index is -0.175. The van der Waals surface area contributed by atoms with E-state index in [2.05, 4.69) is 0 Å². The van der Waals surface area contributed by atoms with Crippen molar-refractivity contribution in [3.63, 3.8) is 0 Å². The van der Waals surface area contributed by atoms with Crippen molar-refractivity contribution in [2.75, 3.05) is 21.3 Å². The summed E-state index contributed by atoms with van der Waals surface area (Å²) in [6.07, 6.45) is 2.45. The molecule has 0 aromatic heterocycles. The number of phenols is 2. The number of benzene rings is 2. The first kappa shape index (κ1) is 16.8. The van der Waals surface area contributed by atoms with Gasteiger partial charge in [0.05, 0.1) is 21.3 Å². The van der Waals surface area contributed by atoms with E-state index < -0.39 is 0 Å². The summed E-state index contributed by atoms with van der Waals surface area (Å²) in [5, 5.41) is 19.1. The molecule has 0 aliphatic rings. The first-order valence-corrected chi connectivity index (χ1v) is 7.38. The zero-order valence-electron chi connectivity index (χ0n) is 13.6. The third kappa shape index (κ3) is 4.00. The van der Waals surface area contributed by atoms with Crippen LogP contribution in [0.1, 0.15) is 17.5 Å². The van der Waals surface area contributed by atoms with Gasteiger partial charge in [0.2, 0.25) is 0 Å². The lowest BCUT2D eigenvalue weighted by molar-refractivity contribution is 0.354. The summed E-state index contributed by atoms with van der Waals surface area (Å²) in [7, 11) is 4.77. The third-order valence-corrected chi connectivity index (χ3v) is 3.74. The summed E-state index contributed by atoms with van der Waals surface area (Å²) in [5.41, 5.74) is 2.01. The Balaban J connectivity index is 2.04. The Morgan fingerprint density at radius 1 is 0.739 bits per heavy atom. The molecule has 0 amide bonds. The summed E-state index contributed by atoms with van der Waals surface area (Å²) >= 11 is 0. The number of ether oxygens (including phenoxy) is 3. The Morgan fingerprint density at radius 3 is 2.04 bits per heavy atom. The first-order valence-electron chi connectivity index (χ1n) is 7.38. The zero-order chi connectivity index (χ0) is 16.8. The van der Waals surface area contributed by atoms with Crippen molar-refractivity contribution in [1.82, 2.24) is 0 Å². The maximum absolute atomic E-state index is 9.63. The van der Waals surface area contributed by atoms with Crippen LogP contribution in [0.4, 0.5) is 0 Å². The van der Waals surface area contributed by atoms with Crippen molar-refractivity contribution in [1.29, 1.82) is 0 Å². The summed E-state index contributed by atoms with van der Waals surface area (Å²) in [5.74, 6) is 1.69. The topological polar surface area (TPSA) is 68.2 Å². The highest BCUT2D eigenvalue weighted by molar-refractivity contribution is 5.49. The molecule has 23 heavy (non-hydrogen) atoms. The predicted octanol–water partition coefficient (Wildman–Crippen LogP) is 3.30. The molecule has 124 valence electrons. The van der Waals surface area contributed by atoms with E-state index in [0.29, 0.717) is 17.2 Å². The molecule has 2 rings (SSSR count). The lowest BCUT2D eigenvalue weighted by Crippen LogP contribution is -1.96. The molecule has 2 aromatic carbocycles. The van der Waals surface area contributed by atoms with E-state index in [-0.39, 0.29) is 11.5 Å². The molecule has 0 spiro atoms. The van der Waals surface area contributed by atoms with Gasteiger partial charge in [0, 0.05) is 6.07 Å². The van der Waals surface area contributed by atoms with Crippen LogP contribution in [0.3, 0.4) is 0 Å². The van der Waals surface area contributed by atoms with Crippen LogP contribution < -0.4 is 14.2 Å². The van der Waals surface area contributed by atoms with E-state index >= 15 is 0 Å². The van der Waals surface area contributed by atoms with Crippen LogP contribution in [0, 0.1) is 0 Å². The summed E-state index contributed by atoms with van der Waals surface area (Å²) in [6, 6.07) is 8.84. The number of hydrogen-bond donors (Lipinski definition) is 2. The first-order chi connectivity index (χ1) is 11.1. The fourth-order valence-electron chi connectivity index (χ4n) is 2.51. The van der Waals surface area contributed by atoms with E-state index in [9.17, 15) is 10.2 Å². The van der Waals surface area contributed by atoms with Crippen LogP contribution in [-0.2, 0) is 12.8 Å². The monoisotopic (exact) mass is 318 g/mol. The molecule has 0 saturated heterocycles. The highest BCUT2D eigenvalue weighted by Gasteiger charge is 2.10. The molecular weight excluding hydrogens is 296 g/mol. The summed E-state index contributed by atoms with van der Waals surface area (Å²) in [4.78, 5) is 0. The molecule has 0 unspecified atom stereocenters. The van der Waals surface area contributed by atoms with Crippen LogP contribution in [0.5, 0.6) is 28.7 Å². The van der Waals surface area contributed by atoms with Crippen molar-refractivity contribution in [3.05, 3.63) is 41.5 Å². The van der Waals surface area contributed by atoms with Crippen molar-refractivity contribution < 1.29 is 24.4 Å². The number of aryl methyl sites for hydroxylation is 2. The van der Waals surface area contributed by atoms with Gasteiger partial charge < -0.3 is 24.4 Å². The fraction of sp³-hybridized carbons (Fsp3) is 0.333. The lowest BCUT2D eigenvalue weighted by atomic mass is 10.0. The maximum atomic E-state index is 9.63. The molecule has 5 heteroatoms. The Labute approximate surface area is 136 Å². The highest BCUT2D eigenvalue weighted by atomic mass is 16.5. The second-order valence-corrected chi connectivity index (χ2v) is 5.20. The normalized spacial score (nSPS) is 10.4. The molecule has 0 aliphatic carbocycles. The molecule has 2 aromatic rings. The standard InChI is InChI=1S/C18H22O5/c1-21-16-8-7-12(9-18(16)23-3)5-4-6-13-10-14(19)15(20)11-17(13)22-2/h7-11,19-20H,4-6H2,1-3H3.